The van der Waals surface area contributed by atoms with Crippen molar-refractivity contribution in [3.63, 3.8) is 0 Å². The lowest BCUT2D eigenvalue weighted by atomic mass is 10.2. The van der Waals surface area contributed by atoms with Crippen LogP contribution in [0.4, 0.5) is 14.5 Å². The molecule has 1 aromatic heterocycles. The fourth-order valence-corrected chi connectivity index (χ4v) is 3.47. The van der Waals surface area contributed by atoms with Gasteiger partial charge in [-0.05, 0) is 48.5 Å². The number of rotatable bonds is 3. The highest BCUT2D eigenvalue weighted by molar-refractivity contribution is 9.10. The maximum absolute atomic E-state index is 13.6. The van der Waals surface area contributed by atoms with Gasteiger partial charge in [0.1, 0.15) is 5.52 Å². The summed E-state index contributed by atoms with van der Waals surface area (Å²) in [4.78, 5) is 16.8. The molecule has 0 spiro atoms. The zero-order valence-corrected chi connectivity index (χ0v) is 17.4. The number of benzene rings is 3. The summed E-state index contributed by atoms with van der Waals surface area (Å²) >= 11 is 15.4. The number of hydrogen-bond acceptors (Lipinski definition) is 3. The molecule has 146 valence electrons. The quantitative estimate of drug-likeness (QED) is 0.307. The van der Waals surface area contributed by atoms with Gasteiger partial charge < -0.3 is 9.73 Å². The largest absolute Gasteiger partial charge is 0.436 e. The van der Waals surface area contributed by atoms with E-state index in [9.17, 15) is 13.6 Å². The van der Waals surface area contributed by atoms with Gasteiger partial charge in [0.2, 0.25) is 5.89 Å². The number of fused-ring (bicyclic) bond motifs is 1. The topological polar surface area (TPSA) is 55.1 Å². The van der Waals surface area contributed by atoms with E-state index in [1.807, 2.05) is 0 Å². The molecule has 4 nitrogen and oxygen atoms in total. The second kappa shape index (κ2) is 7.74. The fraction of sp³-hybridized carbons (Fsp3) is 0. The summed E-state index contributed by atoms with van der Waals surface area (Å²) in [6.45, 7) is 0. The minimum absolute atomic E-state index is 0.0300. The highest BCUT2D eigenvalue weighted by atomic mass is 79.9. The second-order valence-corrected chi connectivity index (χ2v) is 7.76. The Morgan fingerprint density at radius 2 is 1.76 bits per heavy atom. The molecule has 0 atom stereocenters. The molecule has 0 aliphatic rings. The molecule has 4 rings (SSSR count). The monoisotopic (exact) mass is 496 g/mol. The Kier molecular flexibility index (Phi) is 5.29. The van der Waals surface area contributed by atoms with E-state index in [0.29, 0.717) is 31.8 Å². The van der Waals surface area contributed by atoms with E-state index in [2.05, 4.69) is 26.2 Å². The van der Waals surface area contributed by atoms with E-state index >= 15 is 0 Å². The van der Waals surface area contributed by atoms with Crippen molar-refractivity contribution in [1.29, 1.82) is 0 Å². The van der Waals surface area contributed by atoms with E-state index < -0.39 is 17.5 Å². The van der Waals surface area contributed by atoms with Crippen molar-refractivity contribution in [3.8, 4) is 11.5 Å². The van der Waals surface area contributed by atoms with Gasteiger partial charge in [0.15, 0.2) is 17.2 Å². The van der Waals surface area contributed by atoms with Crippen molar-refractivity contribution < 1.29 is 18.0 Å². The number of halogens is 5. The predicted molar refractivity (Wildman–Crippen MR) is 111 cm³/mol. The van der Waals surface area contributed by atoms with E-state index in [-0.39, 0.29) is 16.5 Å². The van der Waals surface area contributed by atoms with E-state index in [0.717, 1.165) is 12.1 Å². The molecular weight excluding hydrogens is 489 g/mol. The summed E-state index contributed by atoms with van der Waals surface area (Å²) < 4.78 is 33.1. The SMILES string of the molecule is O=C(Nc1ccc2oc(-c3cc(F)c(F)cc3Cl)nc2c1)c1cc(Br)ccc1Cl. The molecule has 3 aromatic carbocycles. The highest BCUT2D eigenvalue weighted by Crippen LogP contribution is 2.32. The zero-order chi connectivity index (χ0) is 20.7. The van der Waals surface area contributed by atoms with Crippen LogP contribution in [0.15, 0.2) is 57.4 Å². The Morgan fingerprint density at radius 1 is 1.00 bits per heavy atom. The third-order valence-corrected chi connectivity index (χ3v) is 5.19. The summed E-state index contributed by atoms with van der Waals surface area (Å²) in [6.07, 6.45) is 0. The normalized spacial score (nSPS) is 11.1. The number of carbonyl (C=O) groups is 1. The van der Waals surface area contributed by atoms with Crippen molar-refractivity contribution in [2.45, 2.75) is 0 Å². The van der Waals surface area contributed by atoms with Crippen molar-refractivity contribution in [3.05, 3.63) is 80.2 Å². The van der Waals surface area contributed by atoms with E-state index in [4.69, 9.17) is 27.6 Å². The number of nitrogens with one attached hydrogen (secondary N) is 1. The van der Waals surface area contributed by atoms with Crippen molar-refractivity contribution in [1.82, 2.24) is 4.98 Å². The lowest BCUT2D eigenvalue weighted by Crippen LogP contribution is -2.12. The summed E-state index contributed by atoms with van der Waals surface area (Å²) in [5, 5.41) is 3.01. The summed E-state index contributed by atoms with van der Waals surface area (Å²) in [5.41, 5.74) is 1.66. The molecule has 1 amide bonds. The van der Waals surface area contributed by atoms with E-state index in [1.54, 1.807) is 36.4 Å². The number of anilines is 1. The van der Waals surface area contributed by atoms with Crippen molar-refractivity contribution >= 4 is 61.8 Å². The van der Waals surface area contributed by atoms with Gasteiger partial charge in [-0.25, -0.2) is 13.8 Å². The molecule has 1 N–H and O–H groups in total. The summed E-state index contributed by atoms with van der Waals surface area (Å²) in [5.74, 6) is -2.50. The number of aromatic nitrogens is 1. The predicted octanol–water partition coefficient (Wildman–Crippen LogP) is 7.09. The van der Waals surface area contributed by atoms with Crippen LogP contribution in [-0.2, 0) is 0 Å². The maximum atomic E-state index is 13.6. The van der Waals surface area contributed by atoms with E-state index in [1.165, 1.54) is 0 Å². The number of hydrogen-bond donors (Lipinski definition) is 1. The fourth-order valence-electron chi connectivity index (χ4n) is 2.68. The van der Waals surface area contributed by atoms with Crippen molar-refractivity contribution in [2.75, 3.05) is 5.32 Å². The molecule has 0 unspecified atom stereocenters. The van der Waals surface area contributed by atoms with Gasteiger partial charge in [-0.2, -0.15) is 0 Å². The molecule has 0 saturated carbocycles. The van der Waals surface area contributed by atoms with Crippen LogP contribution in [0.1, 0.15) is 10.4 Å². The van der Waals surface area contributed by atoms with Crippen LogP contribution < -0.4 is 5.32 Å². The van der Waals surface area contributed by atoms with Crippen molar-refractivity contribution in [2.24, 2.45) is 0 Å². The Morgan fingerprint density at radius 3 is 2.55 bits per heavy atom. The molecule has 29 heavy (non-hydrogen) atoms. The van der Waals surface area contributed by atoms with Gasteiger partial charge in [0, 0.05) is 10.2 Å². The second-order valence-electron chi connectivity index (χ2n) is 6.03. The third kappa shape index (κ3) is 3.99. The summed E-state index contributed by atoms with van der Waals surface area (Å²) in [6, 6.07) is 11.5. The summed E-state index contributed by atoms with van der Waals surface area (Å²) in [7, 11) is 0. The van der Waals surface area contributed by atoms with Crippen LogP contribution in [0, 0.1) is 11.6 Å². The van der Waals surface area contributed by atoms with Crippen LogP contribution in [0.5, 0.6) is 0 Å². The van der Waals surface area contributed by atoms with Gasteiger partial charge in [-0.3, -0.25) is 4.79 Å². The Labute approximate surface area is 181 Å². The minimum atomic E-state index is -1.06. The first kappa shape index (κ1) is 19.8. The molecule has 0 radical (unpaired) electrons. The standard InChI is InChI=1S/C20H9BrCl2F2N2O2/c21-9-1-3-13(22)11(5-9)19(28)26-10-2-4-18-17(6-10)27-20(29-18)12-7-15(24)16(25)8-14(12)23/h1-8H,(H,26,28). The number of carbonyl (C=O) groups excluding carboxylic acids is 1. The lowest BCUT2D eigenvalue weighted by Gasteiger charge is -2.07. The average Bonchev–Trinajstić information content (AvgIpc) is 3.09. The first-order valence-corrected chi connectivity index (χ1v) is 9.68. The first-order chi connectivity index (χ1) is 13.8. The lowest BCUT2D eigenvalue weighted by molar-refractivity contribution is 0.102. The van der Waals surface area contributed by atoms with Crippen LogP contribution in [-0.4, -0.2) is 10.9 Å². The van der Waals surface area contributed by atoms with Gasteiger partial charge in [-0.15, -0.1) is 0 Å². The molecule has 0 aliphatic heterocycles. The number of oxazole rings is 1. The zero-order valence-electron chi connectivity index (χ0n) is 14.3. The third-order valence-electron chi connectivity index (χ3n) is 4.06. The van der Waals surface area contributed by atoms with Crippen LogP contribution >= 0.6 is 39.1 Å². The number of nitrogens with zero attached hydrogens (tertiary/aromatic N) is 1. The molecule has 0 aliphatic carbocycles. The molecule has 0 saturated heterocycles. The van der Waals surface area contributed by atoms with Gasteiger partial charge >= 0.3 is 0 Å². The molecule has 0 fully saturated rings. The minimum Gasteiger partial charge on any atom is -0.436 e. The van der Waals surface area contributed by atoms with Gasteiger partial charge in [-0.1, -0.05) is 39.1 Å². The smallest absolute Gasteiger partial charge is 0.257 e. The molecule has 1 heterocycles. The highest BCUT2D eigenvalue weighted by Gasteiger charge is 2.17. The Bertz CT molecular complexity index is 1280. The van der Waals surface area contributed by atoms with Gasteiger partial charge in [0.05, 0.1) is 21.2 Å². The van der Waals surface area contributed by atoms with Crippen LogP contribution in [0.2, 0.25) is 10.0 Å². The molecule has 9 heteroatoms. The van der Waals surface area contributed by atoms with Crippen LogP contribution in [0.25, 0.3) is 22.6 Å². The molecule has 0 bridgehead atoms. The number of amides is 1. The molecule has 4 aromatic rings. The molecular formula is C20H9BrCl2F2N2O2. The first-order valence-electron chi connectivity index (χ1n) is 8.14. The maximum Gasteiger partial charge on any atom is 0.257 e. The van der Waals surface area contributed by atoms with Gasteiger partial charge in [0.25, 0.3) is 5.91 Å². The van der Waals surface area contributed by atoms with Crippen LogP contribution in [0.3, 0.4) is 0 Å². The average molecular weight is 498 g/mol. The Balaban J connectivity index is 1.66. The Hall–Kier alpha value is -2.48.